The zero-order chi connectivity index (χ0) is 13.6. The summed E-state index contributed by atoms with van der Waals surface area (Å²) < 4.78 is 11.2. The van der Waals surface area contributed by atoms with Crippen LogP contribution in [0.1, 0.15) is 30.9 Å². The van der Waals surface area contributed by atoms with Gasteiger partial charge in [-0.05, 0) is 38.3 Å². The fourth-order valence-electron chi connectivity index (χ4n) is 3.31. The van der Waals surface area contributed by atoms with Gasteiger partial charge in [-0.2, -0.15) is 0 Å². The van der Waals surface area contributed by atoms with E-state index in [4.69, 9.17) is 9.47 Å². The maximum Gasteiger partial charge on any atom is 0.411 e. The van der Waals surface area contributed by atoms with E-state index in [9.17, 15) is 4.79 Å². The van der Waals surface area contributed by atoms with E-state index in [1.807, 2.05) is 36.9 Å². The van der Waals surface area contributed by atoms with Gasteiger partial charge in [-0.15, -0.1) is 0 Å². The van der Waals surface area contributed by atoms with Gasteiger partial charge >= 0.3 is 6.09 Å². The number of benzene rings is 1. The van der Waals surface area contributed by atoms with Crippen molar-refractivity contribution in [2.45, 2.75) is 38.3 Å². The number of methoxy groups -OCH3 is 1. The first kappa shape index (κ1) is 12.3. The predicted octanol–water partition coefficient (Wildman–Crippen LogP) is 2.83. The molecule has 1 aromatic rings. The Morgan fingerprint density at radius 2 is 2.26 bits per heavy atom. The Hall–Kier alpha value is -1.71. The Balaban J connectivity index is 2.08. The molecule has 2 atom stereocenters. The minimum atomic E-state index is -0.605. The van der Waals surface area contributed by atoms with Gasteiger partial charge in [0.2, 0.25) is 0 Å². The molecule has 2 saturated heterocycles. The molecule has 0 aliphatic carbocycles. The van der Waals surface area contributed by atoms with Crippen LogP contribution in [0.25, 0.3) is 0 Å². The van der Waals surface area contributed by atoms with Crippen LogP contribution in [0.2, 0.25) is 0 Å². The molecule has 0 N–H and O–H groups in total. The highest BCUT2D eigenvalue weighted by Gasteiger charge is 2.54. The molecular weight excluding hydrogens is 242 g/mol. The molecule has 2 heterocycles. The van der Waals surface area contributed by atoms with Crippen LogP contribution in [0.4, 0.5) is 4.79 Å². The van der Waals surface area contributed by atoms with Crippen LogP contribution in [0, 0.1) is 6.92 Å². The highest BCUT2D eigenvalue weighted by molar-refractivity contribution is 5.73. The van der Waals surface area contributed by atoms with E-state index in [1.165, 1.54) is 0 Å². The molecule has 0 radical (unpaired) electrons. The van der Waals surface area contributed by atoms with E-state index >= 15 is 0 Å². The molecule has 4 nitrogen and oxygen atoms in total. The van der Waals surface area contributed by atoms with E-state index in [2.05, 4.69) is 0 Å². The second kappa shape index (κ2) is 4.15. The van der Waals surface area contributed by atoms with Crippen molar-refractivity contribution in [3.05, 3.63) is 29.3 Å². The molecule has 0 aromatic heterocycles. The van der Waals surface area contributed by atoms with Crippen LogP contribution in [0.3, 0.4) is 0 Å². The minimum Gasteiger partial charge on any atom is -0.496 e. The Labute approximate surface area is 113 Å². The third-order valence-corrected chi connectivity index (χ3v) is 4.31. The number of hydrogen-bond acceptors (Lipinski definition) is 3. The summed E-state index contributed by atoms with van der Waals surface area (Å²) in [4.78, 5) is 13.8. The molecule has 2 fully saturated rings. The SMILES string of the molecule is COc1cc(C)ccc1[C@@]1(C)OC(=O)N2CCC[C@H]21. The number of aryl methyl sites for hydroxylation is 1. The van der Waals surface area contributed by atoms with Crippen molar-refractivity contribution in [1.82, 2.24) is 4.90 Å². The second-order valence-electron chi connectivity index (χ2n) is 5.53. The number of cyclic esters (lactones) is 1. The van der Waals surface area contributed by atoms with Crippen molar-refractivity contribution in [1.29, 1.82) is 0 Å². The number of amides is 1. The van der Waals surface area contributed by atoms with Crippen LogP contribution in [-0.4, -0.2) is 30.7 Å². The van der Waals surface area contributed by atoms with Gasteiger partial charge in [-0.1, -0.05) is 12.1 Å². The van der Waals surface area contributed by atoms with Gasteiger partial charge in [-0.25, -0.2) is 4.79 Å². The van der Waals surface area contributed by atoms with Crippen molar-refractivity contribution in [2.75, 3.05) is 13.7 Å². The van der Waals surface area contributed by atoms with Gasteiger partial charge in [0.15, 0.2) is 5.60 Å². The Bertz CT molecular complexity index is 528. The van der Waals surface area contributed by atoms with Crippen molar-refractivity contribution in [3.63, 3.8) is 0 Å². The fraction of sp³-hybridized carbons (Fsp3) is 0.533. The van der Waals surface area contributed by atoms with Crippen LogP contribution in [-0.2, 0) is 10.3 Å². The Morgan fingerprint density at radius 1 is 1.47 bits per heavy atom. The lowest BCUT2D eigenvalue weighted by atomic mass is 9.86. The smallest absolute Gasteiger partial charge is 0.411 e. The van der Waals surface area contributed by atoms with Crippen LogP contribution in [0.15, 0.2) is 18.2 Å². The van der Waals surface area contributed by atoms with Gasteiger partial charge in [-0.3, -0.25) is 0 Å². The minimum absolute atomic E-state index is 0.122. The summed E-state index contributed by atoms with van der Waals surface area (Å²) in [6.07, 6.45) is 1.83. The number of hydrogen-bond donors (Lipinski definition) is 0. The van der Waals surface area contributed by atoms with E-state index in [1.54, 1.807) is 7.11 Å². The lowest BCUT2D eigenvalue weighted by molar-refractivity contribution is 0.0463. The highest BCUT2D eigenvalue weighted by Crippen LogP contribution is 2.46. The lowest BCUT2D eigenvalue weighted by Gasteiger charge is -2.30. The number of fused-ring (bicyclic) bond motifs is 1. The first-order valence-electron chi connectivity index (χ1n) is 6.71. The molecule has 2 aliphatic rings. The van der Waals surface area contributed by atoms with E-state index in [-0.39, 0.29) is 12.1 Å². The zero-order valence-electron chi connectivity index (χ0n) is 11.6. The molecule has 3 rings (SSSR count). The van der Waals surface area contributed by atoms with E-state index < -0.39 is 5.60 Å². The van der Waals surface area contributed by atoms with Crippen molar-refractivity contribution < 1.29 is 14.3 Å². The molecule has 19 heavy (non-hydrogen) atoms. The summed E-state index contributed by atoms with van der Waals surface area (Å²) in [7, 11) is 1.66. The number of carbonyl (C=O) groups is 1. The Morgan fingerprint density at radius 3 is 3.00 bits per heavy atom. The summed E-state index contributed by atoms with van der Waals surface area (Å²) in [5.74, 6) is 0.795. The molecule has 0 spiro atoms. The van der Waals surface area contributed by atoms with Gasteiger partial charge in [0.25, 0.3) is 0 Å². The van der Waals surface area contributed by atoms with Crippen molar-refractivity contribution >= 4 is 6.09 Å². The van der Waals surface area contributed by atoms with Crippen molar-refractivity contribution in [3.8, 4) is 5.75 Å². The van der Waals surface area contributed by atoms with Gasteiger partial charge < -0.3 is 14.4 Å². The number of ether oxygens (including phenoxy) is 2. The average molecular weight is 261 g/mol. The quantitative estimate of drug-likeness (QED) is 0.821. The van der Waals surface area contributed by atoms with E-state index in [0.717, 1.165) is 36.3 Å². The van der Waals surface area contributed by atoms with E-state index in [0.29, 0.717) is 0 Å². The standard InChI is InChI=1S/C15H19NO3/c1-10-6-7-11(12(9-10)18-3)15(2)13-5-4-8-16(13)14(17)19-15/h6-7,9,13H,4-5,8H2,1-3H3/t13-,15+/m0/s1. The molecule has 0 unspecified atom stereocenters. The van der Waals surface area contributed by atoms with Crippen LogP contribution >= 0.6 is 0 Å². The monoisotopic (exact) mass is 261 g/mol. The molecule has 2 aliphatic heterocycles. The summed E-state index contributed by atoms with van der Waals surface area (Å²) >= 11 is 0. The topological polar surface area (TPSA) is 38.8 Å². The first-order chi connectivity index (χ1) is 9.06. The van der Waals surface area contributed by atoms with Gasteiger partial charge in [0, 0.05) is 12.1 Å². The number of rotatable bonds is 2. The predicted molar refractivity (Wildman–Crippen MR) is 71.3 cm³/mol. The summed E-state index contributed by atoms with van der Waals surface area (Å²) in [5, 5.41) is 0. The number of nitrogens with zero attached hydrogens (tertiary/aromatic N) is 1. The zero-order valence-corrected chi connectivity index (χ0v) is 11.6. The highest BCUT2D eigenvalue weighted by atomic mass is 16.6. The maximum absolute atomic E-state index is 12.0. The van der Waals surface area contributed by atoms with Crippen molar-refractivity contribution in [2.24, 2.45) is 0 Å². The summed E-state index contributed by atoms with van der Waals surface area (Å²) in [6.45, 7) is 4.82. The van der Waals surface area contributed by atoms with Crippen LogP contribution in [0.5, 0.6) is 5.75 Å². The normalized spacial score (nSPS) is 29.3. The Kier molecular flexibility index (Phi) is 2.69. The molecular formula is C15H19NO3. The fourth-order valence-corrected chi connectivity index (χ4v) is 3.31. The molecule has 1 amide bonds. The van der Waals surface area contributed by atoms with Gasteiger partial charge in [0.1, 0.15) is 5.75 Å². The molecule has 4 heteroatoms. The van der Waals surface area contributed by atoms with Crippen LogP contribution < -0.4 is 4.74 Å². The second-order valence-corrected chi connectivity index (χ2v) is 5.53. The average Bonchev–Trinajstić information content (AvgIpc) is 2.95. The van der Waals surface area contributed by atoms with Gasteiger partial charge in [0.05, 0.1) is 13.2 Å². The number of carbonyl (C=O) groups excluding carboxylic acids is 1. The summed E-state index contributed by atoms with van der Waals surface area (Å²) in [6, 6.07) is 6.17. The lowest BCUT2D eigenvalue weighted by Crippen LogP contribution is -2.37. The first-order valence-corrected chi connectivity index (χ1v) is 6.71. The third-order valence-electron chi connectivity index (χ3n) is 4.31. The molecule has 0 bridgehead atoms. The third kappa shape index (κ3) is 1.70. The molecule has 0 saturated carbocycles. The summed E-state index contributed by atoms with van der Waals surface area (Å²) in [5.41, 5.74) is 1.49. The molecule has 1 aromatic carbocycles. The maximum atomic E-state index is 12.0. The largest absolute Gasteiger partial charge is 0.496 e. The molecule has 102 valence electrons.